The van der Waals surface area contributed by atoms with Crippen LogP contribution in [0.2, 0.25) is 0 Å². The molecule has 3 amide bonds. The molecule has 1 N–H and O–H groups in total. The van der Waals surface area contributed by atoms with Crippen molar-refractivity contribution in [2.45, 2.75) is 19.4 Å². The predicted octanol–water partition coefficient (Wildman–Crippen LogP) is 0.793. The first-order valence-corrected chi connectivity index (χ1v) is 8.89. The van der Waals surface area contributed by atoms with Gasteiger partial charge >= 0.3 is 6.09 Å². The van der Waals surface area contributed by atoms with Gasteiger partial charge in [-0.2, -0.15) is 10.4 Å². The van der Waals surface area contributed by atoms with Gasteiger partial charge < -0.3 is 15.0 Å². The van der Waals surface area contributed by atoms with Crippen molar-refractivity contribution in [2.75, 3.05) is 36.0 Å². The van der Waals surface area contributed by atoms with Gasteiger partial charge in [-0.25, -0.2) is 14.2 Å². The molecule has 1 aromatic carbocycles. The Morgan fingerprint density at radius 2 is 2.21 bits per heavy atom. The predicted molar refractivity (Wildman–Crippen MR) is 100 cm³/mol. The number of nitrogens with zero attached hydrogens (tertiary/aromatic N) is 5. The summed E-state index contributed by atoms with van der Waals surface area (Å²) in [6, 6.07) is 6.09. The van der Waals surface area contributed by atoms with E-state index in [0.29, 0.717) is 12.2 Å². The summed E-state index contributed by atoms with van der Waals surface area (Å²) in [7, 11) is 0. The van der Waals surface area contributed by atoms with Gasteiger partial charge in [-0.05, 0) is 18.2 Å². The minimum atomic E-state index is -0.612. The minimum absolute atomic E-state index is 0.184. The molecular formula is C18H19FN6O4. The zero-order valence-electron chi connectivity index (χ0n) is 15.7. The summed E-state index contributed by atoms with van der Waals surface area (Å²) in [5.74, 6) is -1.21. The van der Waals surface area contributed by atoms with Gasteiger partial charge in [0.25, 0.3) is 5.91 Å². The van der Waals surface area contributed by atoms with Crippen molar-refractivity contribution >= 4 is 35.6 Å². The van der Waals surface area contributed by atoms with E-state index in [4.69, 9.17) is 10.00 Å². The Hall–Kier alpha value is -3.68. The number of cyclic esters (lactones) is 1. The SMILES string of the molecule is CC(=O)NCC1CN(c2ccc(N3C=NN(C(=O)CC#N)CC3)c(F)c2)C(=O)O1. The lowest BCUT2D eigenvalue weighted by Gasteiger charge is -2.28. The second kappa shape index (κ2) is 8.55. The highest BCUT2D eigenvalue weighted by Gasteiger charge is 2.33. The number of amides is 3. The quantitative estimate of drug-likeness (QED) is 0.778. The zero-order chi connectivity index (χ0) is 21.0. The fraction of sp³-hybridized carbons (Fsp3) is 0.389. The third-order valence-corrected chi connectivity index (χ3v) is 4.41. The average Bonchev–Trinajstić information content (AvgIpc) is 3.07. The number of carbonyl (C=O) groups is 3. The summed E-state index contributed by atoms with van der Waals surface area (Å²) in [6.45, 7) is 2.27. The molecule has 1 saturated heterocycles. The van der Waals surface area contributed by atoms with E-state index in [9.17, 15) is 18.8 Å². The van der Waals surface area contributed by atoms with E-state index < -0.39 is 23.9 Å². The normalized spacial score (nSPS) is 18.4. The number of hydrogen-bond acceptors (Lipinski definition) is 7. The van der Waals surface area contributed by atoms with Crippen molar-refractivity contribution in [1.29, 1.82) is 5.26 Å². The molecule has 11 heteroatoms. The third-order valence-electron chi connectivity index (χ3n) is 4.41. The van der Waals surface area contributed by atoms with Gasteiger partial charge in [-0.3, -0.25) is 14.5 Å². The molecule has 3 rings (SSSR count). The topological polar surface area (TPSA) is 118 Å². The maximum atomic E-state index is 14.7. The highest BCUT2D eigenvalue weighted by Crippen LogP contribution is 2.28. The molecule has 0 radical (unpaired) electrons. The fourth-order valence-corrected chi connectivity index (χ4v) is 2.97. The van der Waals surface area contributed by atoms with Crippen LogP contribution in [-0.2, 0) is 14.3 Å². The fourth-order valence-electron chi connectivity index (χ4n) is 2.97. The standard InChI is InChI=1S/C18H19FN6O4/c1-12(26)21-9-14-10-24(18(28)29-14)13-2-3-16(15(19)8-13)23-6-7-25(22-11-23)17(27)4-5-20/h2-3,8,11,14H,4,6-7,9-10H2,1H3,(H,21,26). The Morgan fingerprint density at radius 3 is 2.83 bits per heavy atom. The van der Waals surface area contributed by atoms with E-state index >= 15 is 0 Å². The molecule has 2 heterocycles. The van der Waals surface area contributed by atoms with E-state index in [2.05, 4.69) is 10.4 Å². The lowest BCUT2D eigenvalue weighted by atomic mass is 10.2. The second-order valence-electron chi connectivity index (χ2n) is 6.47. The highest BCUT2D eigenvalue weighted by atomic mass is 19.1. The average molecular weight is 402 g/mol. The van der Waals surface area contributed by atoms with E-state index in [1.54, 1.807) is 12.1 Å². The number of ether oxygens (including phenoxy) is 1. The van der Waals surface area contributed by atoms with Gasteiger partial charge in [0.15, 0.2) is 0 Å². The van der Waals surface area contributed by atoms with Crippen molar-refractivity contribution < 1.29 is 23.5 Å². The molecule has 0 saturated carbocycles. The molecule has 0 aliphatic carbocycles. The number of carbonyl (C=O) groups excluding carboxylic acids is 3. The first-order valence-electron chi connectivity index (χ1n) is 8.89. The van der Waals surface area contributed by atoms with Crippen LogP contribution < -0.4 is 15.1 Å². The van der Waals surface area contributed by atoms with Crippen LogP contribution in [0.5, 0.6) is 0 Å². The van der Waals surface area contributed by atoms with E-state index in [-0.39, 0.29) is 37.6 Å². The van der Waals surface area contributed by atoms with E-state index in [1.165, 1.54) is 40.2 Å². The van der Waals surface area contributed by atoms with Gasteiger partial charge in [0, 0.05) is 13.5 Å². The lowest BCUT2D eigenvalue weighted by molar-refractivity contribution is -0.130. The molecule has 1 atom stereocenters. The summed E-state index contributed by atoms with van der Waals surface area (Å²) in [5, 5.41) is 16.3. The number of hydrogen-bond donors (Lipinski definition) is 1. The number of hydrazone groups is 1. The Balaban J connectivity index is 1.67. The molecule has 0 spiro atoms. The highest BCUT2D eigenvalue weighted by molar-refractivity contribution is 5.91. The van der Waals surface area contributed by atoms with Gasteiger partial charge in [0.2, 0.25) is 5.91 Å². The van der Waals surface area contributed by atoms with Crippen LogP contribution in [0.4, 0.5) is 20.6 Å². The lowest BCUT2D eigenvalue weighted by Crippen LogP contribution is -2.40. The van der Waals surface area contributed by atoms with Crippen LogP contribution in [0.3, 0.4) is 0 Å². The van der Waals surface area contributed by atoms with Crippen LogP contribution in [0.1, 0.15) is 13.3 Å². The van der Waals surface area contributed by atoms with Crippen molar-refractivity contribution in [2.24, 2.45) is 5.10 Å². The minimum Gasteiger partial charge on any atom is -0.442 e. The molecular weight excluding hydrogens is 383 g/mol. The Morgan fingerprint density at radius 1 is 1.41 bits per heavy atom. The van der Waals surface area contributed by atoms with E-state index in [1.807, 2.05) is 0 Å². The first-order chi connectivity index (χ1) is 13.9. The Kier molecular flexibility index (Phi) is 5.92. The zero-order valence-corrected chi connectivity index (χ0v) is 15.7. The van der Waals surface area contributed by atoms with Crippen molar-refractivity contribution in [3.63, 3.8) is 0 Å². The second-order valence-corrected chi connectivity index (χ2v) is 6.47. The number of halogens is 1. The molecule has 1 aromatic rings. The van der Waals surface area contributed by atoms with Crippen LogP contribution in [0.25, 0.3) is 0 Å². The number of nitrogens with one attached hydrogen (secondary N) is 1. The number of benzene rings is 1. The maximum absolute atomic E-state index is 14.7. The summed E-state index contributed by atoms with van der Waals surface area (Å²) < 4.78 is 19.9. The molecule has 152 valence electrons. The molecule has 0 bridgehead atoms. The monoisotopic (exact) mass is 402 g/mol. The van der Waals surface area contributed by atoms with Gasteiger partial charge in [-0.1, -0.05) is 0 Å². The van der Waals surface area contributed by atoms with Gasteiger partial charge in [0.05, 0.1) is 37.1 Å². The summed E-state index contributed by atoms with van der Waals surface area (Å²) in [6.07, 6.45) is -0.0707. The summed E-state index contributed by atoms with van der Waals surface area (Å²) in [4.78, 5) is 37.5. The number of anilines is 2. The summed E-state index contributed by atoms with van der Waals surface area (Å²) >= 11 is 0. The van der Waals surface area contributed by atoms with E-state index in [0.717, 1.165) is 0 Å². The van der Waals surface area contributed by atoms with Gasteiger partial charge in [-0.15, -0.1) is 0 Å². The molecule has 10 nitrogen and oxygen atoms in total. The molecule has 29 heavy (non-hydrogen) atoms. The van der Waals surface area contributed by atoms with Crippen LogP contribution in [-0.4, -0.2) is 61.5 Å². The number of rotatable bonds is 5. The number of nitriles is 1. The molecule has 2 aliphatic heterocycles. The van der Waals surface area contributed by atoms with Crippen molar-refractivity contribution in [1.82, 2.24) is 10.3 Å². The van der Waals surface area contributed by atoms with Crippen molar-refractivity contribution in [3.05, 3.63) is 24.0 Å². The van der Waals surface area contributed by atoms with Gasteiger partial charge in [0.1, 0.15) is 24.7 Å². The molecule has 0 aromatic heterocycles. The van der Waals surface area contributed by atoms with Crippen molar-refractivity contribution in [3.8, 4) is 6.07 Å². The molecule has 1 fully saturated rings. The molecule has 2 aliphatic rings. The smallest absolute Gasteiger partial charge is 0.414 e. The molecule has 1 unspecified atom stereocenters. The summed E-state index contributed by atoms with van der Waals surface area (Å²) in [5.41, 5.74) is 0.577. The van der Waals surface area contributed by atoms with Crippen LogP contribution >= 0.6 is 0 Å². The Labute approximate surface area is 166 Å². The van der Waals surface area contributed by atoms with Crippen LogP contribution in [0, 0.1) is 17.1 Å². The largest absolute Gasteiger partial charge is 0.442 e. The maximum Gasteiger partial charge on any atom is 0.414 e. The third kappa shape index (κ3) is 4.60. The first kappa shape index (κ1) is 20.1. The van der Waals surface area contributed by atoms with Crippen LogP contribution in [0.15, 0.2) is 23.3 Å². The Bertz CT molecular complexity index is 899.